The van der Waals surface area contributed by atoms with Gasteiger partial charge >= 0.3 is 5.97 Å². The van der Waals surface area contributed by atoms with Crippen LogP contribution in [-0.4, -0.2) is 32.6 Å². The first-order valence-electron chi connectivity index (χ1n) is 12.0. The van der Waals surface area contributed by atoms with E-state index in [1.54, 1.807) is 10.7 Å². The molecule has 3 aromatic heterocycles. The van der Waals surface area contributed by atoms with Crippen molar-refractivity contribution in [2.75, 3.05) is 5.32 Å². The largest absolute Gasteiger partial charge is 0.459 e. The van der Waals surface area contributed by atoms with E-state index >= 15 is 0 Å². The fourth-order valence-electron chi connectivity index (χ4n) is 4.36. The molecule has 7 nitrogen and oxygen atoms in total. The van der Waals surface area contributed by atoms with Gasteiger partial charge < -0.3 is 10.1 Å². The van der Waals surface area contributed by atoms with Gasteiger partial charge in [-0.2, -0.15) is 5.10 Å². The van der Waals surface area contributed by atoms with E-state index in [2.05, 4.69) is 15.4 Å². The third-order valence-electron chi connectivity index (χ3n) is 6.48. The van der Waals surface area contributed by atoms with E-state index in [1.165, 1.54) is 23.1 Å². The van der Waals surface area contributed by atoms with Crippen molar-refractivity contribution in [3.05, 3.63) is 69.9 Å². The molecular formula is C27H28N4O3S. The predicted molar refractivity (Wildman–Crippen MR) is 137 cm³/mol. The first-order chi connectivity index (χ1) is 17.0. The Hall–Kier alpha value is -3.52. The van der Waals surface area contributed by atoms with Crippen LogP contribution in [-0.2, 0) is 17.6 Å². The molecule has 5 rings (SSSR count). The lowest BCUT2D eigenvalue weighted by molar-refractivity contribution is 0.0335. The van der Waals surface area contributed by atoms with Gasteiger partial charge in [0.15, 0.2) is 5.65 Å². The van der Waals surface area contributed by atoms with Gasteiger partial charge in [0.25, 0.3) is 5.91 Å². The summed E-state index contributed by atoms with van der Waals surface area (Å²) in [6.07, 6.45) is 7.61. The number of nitrogens with one attached hydrogen (secondary N) is 1. The lowest BCUT2D eigenvalue weighted by Crippen LogP contribution is -2.19. The second-order valence-corrected chi connectivity index (χ2v) is 10.1. The predicted octanol–water partition coefficient (Wildman–Crippen LogP) is 5.85. The quantitative estimate of drug-likeness (QED) is 0.344. The number of ether oxygens (including phenoxy) is 1. The van der Waals surface area contributed by atoms with E-state index in [0.29, 0.717) is 21.8 Å². The summed E-state index contributed by atoms with van der Waals surface area (Å²) < 4.78 is 7.33. The minimum absolute atomic E-state index is 0.186. The van der Waals surface area contributed by atoms with Crippen LogP contribution in [0.1, 0.15) is 69.8 Å². The van der Waals surface area contributed by atoms with E-state index in [-0.39, 0.29) is 18.0 Å². The monoisotopic (exact) mass is 488 g/mol. The number of nitrogens with zero attached hydrogens (tertiary/aromatic N) is 3. The van der Waals surface area contributed by atoms with Crippen LogP contribution in [0.2, 0.25) is 0 Å². The second-order valence-electron chi connectivity index (χ2n) is 8.98. The molecule has 4 aromatic rings. The summed E-state index contributed by atoms with van der Waals surface area (Å²) >= 11 is 1.48. The Morgan fingerprint density at radius 2 is 1.94 bits per heavy atom. The van der Waals surface area contributed by atoms with Crippen molar-refractivity contribution in [2.45, 2.75) is 59.0 Å². The molecule has 1 amide bonds. The summed E-state index contributed by atoms with van der Waals surface area (Å²) in [5.41, 5.74) is 5.34. The number of amides is 1. The zero-order valence-electron chi connectivity index (χ0n) is 20.1. The van der Waals surface area contributed by atoms with Crippen molar-refractivity contribution in [2.24, 2.45) is 0 Å². The number of esters is 1. The molecule has 0 fully saturated rings. The average Bonchev–Trinajstić information content (AvgIpc) is 3.45. The minimum atomic E-state index is -0.367. The van der Waals surface area contributed by atoms with Gasteiger partial charge in [0.2, 0.25) is 0 Å². The Kier molecular flexibility index (Phi) is 6.38. The Morgan fingerprint density at radius 1 is 1.17 bits per heavy atom. The van der Waals surface area contributed by atoms with Gasteiger partial charge in [-0.15, -0.1) is 11.3 Å². The summed E-state index contributed by atoms with van der Waals surface area (Å²) in [6.45, 7) is 5.90. The van der Waals surface area contributed by atoms with Gasteiger partial charge in [-0.1, -0.05) is 36.8 Å². The smallest absolute Gasteiger partial charge is 0.341 e. The molecule has 180 valence electrons. The highest BCUT2D eigenvalue weighted by molar-refractivity contribution is 7.17. The van der Waals surface area contributed by atoms with E-state index in [0.717, 1.165) is 53.8 Å². The van der Waals surface area contributed by atoms with Crippen LogP contribution < -0.4 is 5.32 Å². The number of aromatic nitrogens is 3. The molecule has 35 heavy (non-hydrogen) atoms. The van der Waals surface area contributed by atoms with Gasteiger partial charge in [-0.3, -0.25) is 4.79 Å². The lowest BCUT2D eigenvalue weighted by Gasteiger charge is -2.15. The highest BCUT2D eigenvalue weighted by atomic mass is 32.1. The molecule has 1 N–H and O–H groups in total. The summed E-state index contributed by atoms with van der Waals surface area (Å²) in [4.78, 5) is 32.1. The van der Waals surface area contributed by atoms with E-state index in [1.807, 2.05) is 51.1 Å². The van der Waals surface area contributed by atoms with Gasteiger partial charge in [-0.25, -0.2) is 14.3 Å². The lowest BCUT2D eigenvalue weighted by atomic mass is 9.95. The number of carbonyl (C=O) groups is 2. The molecule has 1 atom stereocenters. The summed E-state index contributed by atoms with van der Waals surface area (Å²) in [6, 6.07) is 10.0. The van der Waals surface area contributed by atoms with Crippen LogP contribution in [0.15, 0.2) is 42.7 Å². The topological polar surface area (TPSA) is 85.6 Å². The van der Waals surface area contributed by atoms with Crippen LogP contribution in [0.4, 0.5) is 5.00 Å². The number of benzene rings is 1. The maximum Gasteiger partial charge on any atom is 0.341 e. The van der Waals surface area contributed by atoms with Crippen LogP contribution in [0.25, 0.3) is 16.9 Å². The van der Waals surface area contributed by atoms with Gasteiger partial charge in [0.05, 0.1) is 23.6 Å². The Morgan fingerprint density at radius 3 is 2.71 bits per heavy atom. The highest BCUT2D eigenvalue weighted by Crippen LogP contribution is 2.39. The highest BCUT2D eigenvalue weighted by Gasteiger charge is 2.29. The standard InChI is InChI=1S/C27H28N4O3S/c1-4-17(3)34-27(33)23-19-7-5-6-8-22(19)35-26(23)30-25(32)20-15-29-31-21(13-14-28-24(20)31)18-11-9-16(2)10-12-18/h9-15,17H,4-8H2,1-3H3,(H,30,32). The Bertz CT molecular complexity index is 1400. The molecule has 8 heteroatoms. The van der Waals surface area contributed by atoms with Crippen molar-refractivity contribution >= 4 is 33.9 Å². The Labute approximate surface area is 208 Å². The third kappa shape index (κ3) is 4.46. The molecule has 1 aliphatic rings. The number of hydrogen-bond donors (Lipinski definition) is 1. The normalized spacial score (nSPS) is 13.9. The first-order valence-corrected chi connectivity index (χ1v) is 12.8. The SMILES string of the molecule is CCC(C)OC(=O)c1c(NC(=O)c2cnn3c(-c4ccc(C)cc4)ccnc23)sc2c1CCCC2. The molecule has 3 heterocycles. The maximum atomic E-state index is 13.4. The van der Waals surface area contributed by atoms with Crippen molar-refractivity contribution < 1.29 is 14.3 Å². The summed E-state index contributed by atoms with van der Waals surface area (Å²) in [7, 11) is 0. The number of carbonyl (C=O) groups excluding carboxylic acids is 2. The number of aryl methyl sites for hydroxylation is 2. The van der Waals surface area contributed by atoms with Crippen molar-refractivity contribution in [3.8, 4) is 11.3 Å². The molecule has 0 spiro atoms. The van der Waals surface area contributed by atoms with Gasteiger partial charge in [0, 0.05) is 16.6 Å². The summed E-state index contributed by atoms with van der Waals surface area (Å²) in [5.74, 6) is -0.710. The number of thiophene rings is 1. The zero-order valence-corrected chi connectivity index (χ0v) is 20.9. The molecule has 1 aliphatic carbocycles. The van der Waals surface area contributed by atoms with E-state index in [9.17, 15) is 9.59 Å². The van der Waals surface area contributed by atoms with Crippen LogP contribution in [0, 0.1) is 6.92 Å². The number of hydrogen-bond acceptors (Lipinski definition) is 6. The van der Waals surface area contributed by atoms with Crippen LogP contribution >= 0.6 is 11.3 Å². The molecule has 0 saturated carbocycles. The van der Waals surface area contributed by atoms with Crippen LogP contribution in [0.3, 0.4) is 0 Å². The van der Waals surface area contributed by atoms with Crippen molar-refractivity contribution in [1.29, 1.82) is 0 Å². The molecule has 0 saturated heterocycles. The fourth-order valence-corrected chi connectivity index (χ4v) is 5.63. The maximum absolute atomic E-state index is 13.4. The first kappa shape index (κ1) is 23.2. The zero-order chi connectivity index (χ0) is 24.5. The molecule has 1 unspecified atom stereocenters. The van der Waals surface area contributed by atoms with Crippen molar-refractivity contribution in [1.82, 2.24) is 14.6 Å². The Balaban J connectivity index is 1.49. The number of rotatable bonds is 6. The molecule has 0 bridgehead atoms. The molecule has 0 aliphatic heterocycles. The second kappa shape index (κ2) is 9.62. The van der Waals surface area contributed by atoms with E-state index < -0.39 is 0 Å². The number of anilines is 1. The average molecular weight is 489 g/mol. The third-order valence-corrected chi connectivity index (χ3v) is 7.69. The van der Waals surface area contributed by atoms with E-state index in [4.69, 9.17) is 4.74 Å². The van der Waals surface area contributed by atoms with Gasteiger partial charge in [0.1, 0.15) is 10.6 Å². The molecule has 1 aromatic carbocycles. The molecular weight excluding hydrogens is 460 g/mol. The summed E-state index contributed by atoms with van der Waals surface area (Å²) in [5, 5.41) is 7.99. The number of fused-ring (bicyclic) bond motifs is 2. The van der Waals surface area contributed by atoms with Gasteiger partial charge in [-0.05, 0) is 57.6 Å². The van der Waals surface area contributed by atoms with Crippen LogP contribution in [0.5, 0.6) is 0 Å². The van der Waals surface area contributed by atoms with Crippen molar-refractivity contribution in [3.63, 3.8) is 0 Å². The molecule has 0 radical (unpaired) electrons. The minimum Gasteiger partial charge on any atom is -0.459 e. The fraction of sp³-hybridized carbons (Fsp3) is 0.333.